The number of nitrogens with zero attached hydrogens (tertiary/aromatic N) is 2. The SMILES string of the molecule is COCCN1C[C@H](C(=O)[C@@H](C#N)C(=O)c2cc(C)cc(C)c2)CC1=O. The van der Waals surface area contributed by atoms with Crippen molar-refractivity contribution in [2.24, 2.45) is 11.8 Å². The summed E-state index contributed by atoms with van der Waals surface area (Å²) in [5.74, 6) is -3.11. The number of aryl methyl sites for hydroxylation is 2. The summed E-state index contributed by atoms with van der Waals surface area (Å²) in [4.78, 5) is 38.9. The van der Waals surface area contributed by atoms with Crippen LogP contribution >= 0.6 is 0 Å². The molecule has 0 spiro atoms. The summed E-state index contributed by atoms with van der Waals surface area (Å²) in [5, 5.41) is 9.39. The third-order valence-electron chi connectivity index (χ3n) is 4.36. The first-order chi connectivity index (χ1) is 11.9. The Labute approximate surface area is 147 Å². The fourth-order valence-corrected chi connectivity index (χ4v) is 3.15. The van der Waals surface area contributed by atoms with Crippen molar-refractivity contribution in [2.75, 3.05) is 26.8 Å². The van der Waals surface area contributed by atoms with Crippen LogP contribution in [0.1, 0.15) is 27.9 Å². The lowest BCUT2D eigenvalue weighted by molar-refractivity contribution is -0.129. The van der Waals surface area contributed by atoms with Crippen molar-refractivity contribution < 1.29 is 19.1 Å². The van der Waals surface area contributed by atoms with Gasteiger partial charge >= 0.3 is 0 Å². The molecule has 1 aliphatic rings. The maximum atomic E-state index is 12.7. The van der Waals surface area contributed by atoms with E-state index in [9.17, 15) is 19.6 Å². The van der Waals surface area contributed by atoms with Crippen LogP contribution in [0.15, 0.2) is 18.2 Å². The van der Waals surface area contributed by atoms with Crippen LogP contribution in [-0.2, 0) is 14.3 Å². The van der Waals surface area contributed by atoms with Gasteiger partial charge in [-0.25, -0.2) is 0 Å². The Bertz CT molecular complexity index is 715. The fourth-order valence-electron chi connectivity index (χ4n) is 3.15. The van der Waals surface area contributed by atoms with Crippen LogP contribution in [0.25, 0.3) is 0 Å². The minimum absolute atomic E-state index is 0.0425. The third kappa shape index (κ3) is 4.31. The van der Waals surface area contributed by atoms with E-state index < -0.39 is 23.4 Å². The van der Waals surface area contributed by atoms with E-state index in [2.05, 4.69) is 0 Å². The number of ketones is 2. The van der Waals surface area contributed by atoms with E-state index in [0.717, 1.165) is 11.1 Å². The van der Waals surface area contributed by atoms with Crippen molar-refractivity contribution in [3.63, 3.8) is 0 Å². The molecule has 0 aromatic heterocycles. The molecule has 0 N–H and O–H groups in total. The molecular formula is C19H22N2O4. The van der Waals surface area contributed by atoms with Crippen LogP contribution in [0.5, 0.6) is 0 Å². The summed E-state index contributed by atoms with van der Waals surface area (Å²) >= 11 is 0. The average Bonchev–Trinajstić information content (AvgIpc) is 2.93. The molecule has 1 fully saturated rings. The lowest BCUT2D eigenvalue weighted by atomic mass is 9.86. The van der Waals surface area contributed by atoms with Crippen LogP contribution in [-0.4, -0.2) is 49.2 Å². The smallest absolute Gasteiger partial charge is 0.223 e. The lowest BCUT2D eigenvalue weighted by Gasteiger charge is -2.16. The van der Waals surface area contributed by atoms with Crippen molar-refractivity contribution in [3.05, 3.63) is 34.9 Å². The van der Waals surface area contributed by atoms with Crippen molar-refractivity contribution in [3.8, 4) is 6.07 Å². The molecule has 1 saturated heterocycles. The van der Waals surface area contributed by atoms with Crippen LogP contribution in [0, 0.1) is 37.0 Å². The number of ether oxygens (including phenoxy) is 1. The van der Waals surface area contributed by atoms with E-state index in [-0.39, 0.29) is 18.9 Å². The number of nitriles is 1. The van der Waals surface area contributed by atoms with Gasteiger partial charge in [-0.2, -0.15) is 5.26 Å². The molecule has 2 rings (SSSR count). The van der Waals surface area contributed by atoms with E-state index in [1.54, 1.807) is 17.0 Å². The Balaban J connectivity index is 2.15. The Morgan fingerprint density at radius 3 is 2.52 bits per heavy atom. The molecule has 6 nitrogen and oxygen atoms in total. The third-order valence-corrected chi connectivity index (χ3v) is 4.36. The number of carbonyl (C=O) groups is 3. The molecule has 0 aliphatic carbocycles. The Kier molecular flexibility index (Phi) is 6.05. The number of amides is 1. The summed E-state index contributed by atoms with van der Waals surface area (Å²) in [7, 11) is 1.54. The Hall–Kier alpha value is -2.52. The van der Waals surface area contributed by atoms with Crippen LogP contribution < -0.4 is 0 Å². The van der Waals surface area contributed by atoms with Gasteiger partial charge in [0.05, 0.1) is 12.7 Å². The van der Waals surface area contributed by atoms with Gasteiger partial charge < -0.3 is 9.64 Å². The normalized spacial score (nSPS) is 18.1. The van der Waals surface area contributed by atoms with Crippen LogP contribution in [0.3, 0.4) is 0 Å². The standard InChI is InChI=1S/C19H22N2O4/c1-12-6-13(2)8-14(7-12)18(23)16(10-20)19(24)15-9-17(22)21(11-15)4-5-25-3/h6-8,15-16H,4-5,9,11H2,1-3H3/t15-,16+/m1/s1. The van der Waals surface area contributed by atoms with Crippen molar-refractivity contribution >= 4 is 17.5 Å². The summed E-state index contributed by atoms with van der Waals surface area (Å²) in [6, 6.07) is 7.11. The highest BCUT2D eigenvalue weighted by Gasteiger charge is 2.39. The number of methoxy groups -OCH3 is 1. The molecule has 132 valence electrons. The zero-order chi connectivity index (χ0) is 18.6. The van der Waals surface area contributed by atoms with Crippen LogP contribution in [0.4, 0.5) is 0 Å². The molecule has 6 heteroatoms. The molecule has 2 atom stereocenters. The molecule has 0 bridgehead atoms. The highest BCUT2D eigenvalue weighted by Crippen LogP contribution is 2.24. The Morgan fingerprint density at radius 2 is 1.96 bits per heavy atom. The first-order valence-corrected chi connectivity index (χ1v) is 8.20. The quantitative estimate of drug-likeness (QED) is 0.556. The zero-order valence-corrected chi connectivity index (χ0v) is 14.7. The van der Waals surface area contributed by atoms with E-state index in [0.29, 0.717) is 18.7 Å². The first-order valence-electron chi connectivity index (χ1n) is 8.20. The molecule has 0 saturated carbocycles. The molecule has 0 radical (unpaired) electrons. The van der Waals surface area contributed by atoms with E-state index in [4.69, 9.17) is 4.74 Å². The number of rotatable bonds is 7. The van der Waals surface area contributed by atoms with Gasteiger partial charge in [0, 0.05) is 38.1 Å². The van der Waals surface area contributed by atoms with Gasteiger partial charge in [-0.15, -0.1) is 0 Å². The van der Waals surface area contributed by atoms with Crippen molar-refractivity contribution in [1.82, 2.24) is 4.90 Å². The van der Waals surface area contributed by atoms with Gasteiger partial charge in [0.15, 0.2) is 17.5 Å². The molecule has 25 heavy (non-hydrogen) atoms. The number of hydrogen-bond acceptors (Lipinski definition) is 5. The number of likely N-dealkylation sites (tertiary alicyclic amines) is 1. The minimum Gasteiger partial charge on any atom is -0.383 e. The molecule has 0 unspecified atom stereocenters. The maximum Gasteiger partial charge on any atom is 0.223 e. The lowest BCUT2D eigenvalue weighted by Crippen LogP contribution is -2.32. The molecular weight excluding hydrogens is 320 g/mol. The van der Waals surface area contributed by atoms with E-state index in [1.807, 2.05) is 26.0 Å². The molecule has 1 amide bonds. The van der Waals surface area contributed by atoms with E-state index in [1.165, 1.54) is 7.11 Å². The zero-order valence-electron chi connectivity index (χ0n) is 14.7. The van der Waals surface area contributed by atoms with Gasteiger partial charge in [0.25, 0.3) is 0 Å². The molecule has 1 heterocycles. The van der Waals surface area contributed by atoms with Crippen molar-refractivity contribution in [1.29, 1.82) is 5.26 Å². The predicted octanol–water partition coefficient (Wildman–Crippen LogP) is 1.69. The monoisotopic (exact) mass is 342 g/mol. The van der Waals surface area contributed by atoms with Crippen LogP contribution in [0.2, 0.25) is 0 Å². The summed E-state index contributed by atoms with van der Waals surface area (Å²) < 4.78 is 4.95. The number of carbonyl (C=O) groups excluding carboxylic acids is 3. The highest BCUT2D eigenvalue weighted by atomic mass is 16.5. The van der Waals surface area contributed by atoms with E-state index >= 15 is 0 Å². The van der Waals surface area contributed by atoms with Gasteiger partial charge in [-0.1, -0.05) is 17.2 Å². The van der Waals surface area contributed by atoms with Crippen molar-refractivity contribution in [2.45, 2.75) is 20.3 Å². The van der Waals surface area contributed by atoms with Gasteiger partial charge in [-0.3, -0.25) is 14.4 Å². The summed E-state index contributed by atoms with van der Waals surface area (Å²) in [5.41, 5.74) is 2.15. The highest BCUT2D eigenvalue weighted by molar-refractivity contribution is 6.14. The van der Waals surface area contributed by atoms with Gasteiger partial charge in [0.2, 0.25) is 5.91 Å². The molecule has 1 aromatic rings. The van der Waals surface area contributed by atoms with Gasteiger partial charge in [0.1, 0.15) is 0 Å². The maximum absolute atomic E-state index is 12.7. The minimum atomic E-state index is -1.37. The summed E-state index contributed by atoms with van der Waals surface area (Å²) in [6.07, 6.45) is 0.0425. The second-order valence-electron chi connectivity index (χ2n) is 6.44. The Morgan fingerprint density at radius 1 is 1.32 bits per heavy atom. The summed E-state index contributed by atoms with van der Waals surface area (Å²) in [6.45, 7) is 4.74. The largest absolute Gasteiger partial charge is 0.383 e. The average molecular weight is 342 g/mol. The second-order valence-corrected chi connectivity index (χ2v) is 6.44. The first kappa shape index (κ1) is 18.8. The topological polar surface area (TPSA) is 87.5 Å². The number of Topliss-reactive ketones (excluding diaryl/α,β-unsaturated/α-hetero) is 2. The predicted molar refractivity (Wildman–Crippen MR) is 90.9 cm³/mol. The van der Waals surface area contributed by atoms with Gasteiger partial charge in [-0.05, 0) is 26.0 Å². The number of hydrogen-bond donors (Lipinski definition) is 0. The molecule has 1 aliphatic heterocycles. The fraction of sp³-hybridized carbons (Fsp3) is 0.474. The second kappa shape index (κ2) is 8.04. The number of benzene rings is 1. The molecule has 1 aromatic carbocycles.